The average Bonchev–Trinajstić information content (AvgIpc) is 3.03. The number of aromatic nitrogens is 1. The van der Waals surface area contributed by atoms with Gasteiger partial charge in [0.25, 0.3) is 0 Å². The molecule has 30 heavy (non-hydrogen) atoms. The van der Waals surface area contributed by atoms with Crippen LogP contribution in [0.4, 0.5) is 5.69 Å². The molecule has 12 heteroatoms. The molecular weight excluding hydrogens is 434 g/mol. The van der Waals surface area contributed by atoms with E-state index in [-0.39, 0.29) is 24.4 Å². The predicted octanol–water partition coefficient (Wildman–Crippen LogP) is 1.23. The summed E-state index contributed by atoms with van der Waals surface area (Å²) in [7, 11) is -8.17. The van der Waals surface area contributed by atoms with Gasteiger partial charge in [-0.3, -0.25) is 14.9 Å². The Morgan fingerprint density at radius 1 is 1.07 bits per heavy atom. The number of amides is 2. The van der Waals surface area contributed by atoms with E-state index in [1.165, 1.54) is 12.1 Å². The maximum absolute atomic E-state index is 12.3. The minimum atomic E-state index is -4.08. The molecule has 1 N–H and O–H groups in total. The minimum absolute atomic E-state index is 0.0362. The van der Waals surface area contributed by atoms with Crippen LogP contribution in [0.5, 0.6) is 0 Å². The molecule has 1 saturated heterocycles. The number of anilines is 1. The highest BCUT2D eigenvalue weighted by atomic mass is 32.3. The molecule has 1 fully saturated rings. The van der Waals surface area contributed by atoms with E-state index in [1.54, 1.807) is 18.2 Å². The number of imide groups is 1. The minimum Gasteiger partial charge on any atom is -0.356 e. The molecular formula is C18H17N3O7S2. The Morgan fingerprint density at radius 3 is 2.40 bits per heavy atom. The van der Waals surface area contributed by atoms with Crippen molar-refractivity contribution in [3.63, 3.8) is 0 Å². The van der Waals surface area contributed by atoms with Crippen molar-refractivity contribution in [3.8, 4) is 0 Å². The maximum Gasteiger partial charge on any atom is 0.245 e. The van der Waals surface area contributed by atoms with Crippen LogP contribution < -0.4 is 9.03 Å². The summed E-state index contributed by atoms with van der Waals surface area (Å²) >= 11 is 0. The highest BCUT2D eigenvalue weighted by Crippen LogP contribution is 2.36. The van der Waals surface area contributed by atoms with Crippen molar-refractivity contribution in [1.82, 2.24) is 10.5 Å². The van der Waals surface area contributed by atoms with E-state index in [1.807, 2.05) is 0 Å². The Morgan fingerprint density at radius 2 is 1.77 bits per heavy atom. The smallest absolute Gasteiger partial charge is 0.245 e. The molecule has 0 bridgehead atoms. The van der Waals surface area contributed by atoms with Gasteiger partial charge < -0.3 is 4.52 Å². The molecule has 1 aliphatic rings. The van der Waals surface area contributed by atoms with Crippen molar-refractivity contribution >= 4 is 59.3 Å². The highest BCUT2D eigenvalue weighted by molar-refractivity contribution is 8.09. The molecule has 3 aromatic rings. The van der Waals surface area contributed by atoms with Crippen molar-refractivity contribution in [2.45, 2.75) is 18.8 Å². The summed E-state index contributed by atoms with van der Waals surface area (Å²) in [5, 5.41) is 8.02. The number of fused-ring (bicyclic) bond motifs is 3. The molecule has 10 nitrogen and oxygen atoms in total. The monoisotopic (exact) mass is 451 g/mol. The van der Waals surface area contributed by atoms with Crippen LogP contribution in [-0.4, -0.2) is 46.3 Å². The third kappa shape index (κ3) is 3.41. The Balaban J connectivity index is 1.91. The quantitative estimate of drug-likeness (QED) is 0.583. The summed E-state index contributed by atoms with van der Waals surface area (Å²) in [4.78, 5) is 23.7. The van der Waals surface area contributed by atoms with Crippen LogP contribution >= 0.6 is 0 Å². The molecule has 0 radical (unpaired) electrons. The van der Waals surface area contributed by atoms with E-state index in [4.69, 9.17) is 4.52 Å². The fourth-order valence-corrected chi connectivity index (χ4v) is 6.68. The molecule has 0 unspecified atom stereocenters. The lowest BCUT2D eigenvalue weighted by atomic mass is 9.91. The van der Waals surface area contributed by atoms with E-state index in [9.17, 15) is 26.4 Å². The van der Waals surface area contributed by atoms with Crippen LogP contribution in [0.2, 0.25) is 0 Å². The number of carbonyl (C=O) groups is 2. The molecule has 4 rings (SSSR count). The number of carbonyl (C=O) groups excluding carboxylic acids is 2. The Bertz CT molecular complexity index is 1390. The van der Waals surface area contributed by atoms with Crippen LogP contribution in [0, 0.1) is 0 Å². The van der Waals surface area contributed by atoms with Crippen molar-refractivity contribution in [1.29, 1.82) is 0 Å². The lowest BCUT2D eigenvalue weighted by molar-refractivity contribution is -0.134. The first-order chi connectivity index (χ1) is 14.0. The number of piperidine rings is 1. The molecule has 2 aromatic carbocycles. The van der Waals surface area contributed by atoms with Crippen molar-refractivity contribution in [2.24, 2.45) is 0 Å². The van der Waals surface area contributed by atoms with E-state index in [0.29, 0.717) is 31.1 Å². The number of nitrogens with one attached hydrogen (secondary N) is 1. The molecule has 0 saturated carbocycles. The summed E-state index contributed by atoms with van der Waals surface area (Å²) in [5.74, 6) is -1.48. The summed E-state index contributed by atoms with van der Waals surface area (Å²) in [5.41, 5.74) is 0.750. The zero-order valence-electron chi connectivity index (χ0n) is 15.9. The average molecular weight is 451 g/mol. The van der Waals surface area contributed by atoms with Gasteiger partial charge >= 0.3 is 0 Å². The molecule has 1 atom stereocenters. The van der Waals surface area contributed by atoms with Gasteiger partial charge in [0, 0.05) is 6.42 Å². The largest absolute Gasteiger partial charge is 0.356 e. The highest BCUT2D eigenvalue weighted by Gasteiger charge is 2.33. The van der Waals surface area contributed by atoms with E-state index >= 15 is 0 Å². The van der Waals surface area contributed by atoms with Crippen molar-refractivity contribution in [3.05, 3.63) is 36.0 Å². The standard InChI is InChI=1S/C18H17N3O7S2/c1-29(24,25)21(30(2,26)27)11-4-5-12-10(9-11)3-7-14-16(12)17(20-28-14)13-6-8-15(22)19-18(13)23/h3-5,7,9,13H,6,8H2,1-2H3,(H,19,22,23)/t13-/m1/s1. The zero-order chi connectivity index (χ0) is 21.8. The number of rotatable bonds is 4. The van der Waals surface area contributed by atoms with E-state index in [0.717, 1.165) is 12.5 Å². The van der Waals surface area contributed by atoms with Gasteiger partial charge in [-0.15, -0.1) is 0 Å². The molecule has 0 spiro atoms. The molecule has 1 aliphatic heterocycles. The first kappa shape index (κ1) is 20.3. The van der Waals surface area contributed by atoms with Crippen LogP contribution in [0.1, 0.15) is 24.5 Å². The van der Waals surface area contributed by atoms with Crippen molar-refractivity contribution in [2.75, 3.05) is 16.2 Å². The number of benzene rings is 2. The summed E-state index contributed by atoms with van der Waals surface area (Å²) < 4.78 is 53.9. The number of nitrogens with zero attached hydrogens (tertiary/aromatic N) is 2. The molecule has 0 aliphatic carbocycles. The number of sulfonamides is 2. The fraction of sp³-hybridized carbons (Fsp3) is 0.278. The fourth-order valence-electron chi connectivity index (χ4n) is 3.72. The van der Waals surface area contributed by atoms with Crippen LogP contribution in [0.25, 0.3) is 21.7 Å². The van der Waals surface area contributed by atoms with Gasteiger partial charge in [-0.1, -0.05) is 17.3 Å². The Kier molecular flexibility index (Phi) is 4.58. The van der Waals surface area contributed by atoms with Gasteiger partial charge in [-0.05, 0) is 35.4 Å². The molecule has 1 aromatic heterocycles. The SMILES string of the molecule is CS(=O)(=O)N(c1ccc2c(ccc3onc([C@H]4CCC(=O)NC4=O)c32)c1)S(C)(=O)=O. The molecule has 158 valence electrons. The van der Waals surface area contributed by atoms with Gasteiger partial charge in [0.1, 0.15) is 5.69 Å². The van der Waals surface area contributed by atoms with E-state index < -0.39 is 31.9 Å². The van der Waals surface area contributed by atoms with Gasteiger partial charge in [0.05, 0.1) is 29.5 Å². The molecule has 2 amide bonds. The van der Waals surface area contributed by atoms with Gasteiger partial charge in [-0.2, -0.15) is 3.71 Å². The van der Waals surface area contributed by atoms with Crippen LogP contribution in [-0.2, 0) is 29.6 Å². The Hall–Kier alpha value is -2.99. The zero-order valence-corrected chi connectivity index (χ0v) is 17.6. The second-order valence-electron chi connectivity index (χ2n) is 7.14. The topological polar surface area (TPSA) is 144 Å². The summed E-state index contributed by atoms with van der Waals surface area (Å²) in [6, 6.07) is 7.60. The third-order valence-electron chi connectivity index (χ3n) is 4.85. The maximum atomic E-state index is 12.3. The molecule has 2 heterocycles. The van der Waals surface area contributed by atoms with Gasteiger partial charge in [0.2, 0.25) is 31.9 Å². The number of hydrogen-bond acceptors (Lipinski definition) is 8. The number of hydrogen-bond donors (Lipinski definition) is 1. The second kappa shape index (κ2) is 6.77. The summed E-state index contributed by atoms with van der Waals surface area (Å²) in [6.07, 6.45) is 2.08. The predicted molar refractivity (Wildman–Crippen MR) is 109 cm³/mol. The first-order valence-electron chi connectivity index (χ1n) is 8.83. The van der Waals surface area contributed by atoms with Gasteiger partial charge in [0.15, 0.2) is 5.58 Å². The lowest BCUT2D eigenvalue weighted by Crippen LogP contribution is -2.39. The second-order valence-corrected chi connectivity index (χ2v) is 11.0. The lowest BCUT2D eigenvalue weighted by Gasteiger charge is -2.20. The summed E-state index contributed by atoms with van der Waals surface area (Å²) in [6.45, 7) is 0. The normalized spacial score (nSPS) is 18.0. The van der Waals surface area contributed by atoms with Crippen LogP contribution in [0.15, 0.2) is 34.9 Å². The van der Waals surface area contributed by atoms with Gasteiger partial charge in [-0.25, -0.2) is 16.8 Å². The van der Waals surface area contributed by atoms with Crippen LogP contribution in [0.3, 0.4) is 0 Å². The van der Waals surface area contributed by atoms with Crippen molar-refractivity contribution < 1.29 is 30.9 Å². The van der Waals surface area contributed by atoms with E-state index in [2.05, 4.69) is 10.5 Å². The Labute approximate surface area is 171 Å². The first-order valence-corrected chi connectivity index (χ1v) is 12.5. The third-order valence-corrected chi connectivity index (χ3v) is 8.10.